The summed E-state index contributed by atoms with van der Waals surface area (Å²) in [6.45, 7) is 1.79. The summed E-state index contributed by atoms with van der Waals surface area (Å²) >= 11 is 0. The van der Waals surface area contributed by atoms with Gasteiger partial charge in [-0.15, -0.1) is 0 Å². The van der Waals surface area contributed by atoms with Gasteiger partial charge in [0.2, 0.25) is 0 Å². The van der Waals surface area contributed by atoms with Crippen molar-refractivity contribution >= 4 is 12.3 Å². The zero-order valence-corrected chi connectivity index (χ0v) is 11.5. The van der Waals surface area contributed by atoms with E-state index < -0.39 is 5.97 Å². The first-order valence-electron chi connectivity index (χ1n) is 6.22. The lowest BCUT2D eigenvalue weighted by Crippen LogP contribution is -1.95. The average molecular weight is 288 g/mol. The molecule has 2 aromatic rings. The molecular formula is C16H16O5. The van der Waals surface area contributed by atoms with Gasteiger partial charge in [-0.05, 0) is 24.6 Å². The van der Waals surface area contributed by atoms with Gasteiger partial charge in [-0.25, -0.2) is 9.68 Å². The smallest absolute Gasteiger partial charge is 0.335 e. The Balaban J connectivity index is 0.000000211. The summed E-state index contributed by atoms with van der Waals surface area (Å²) in [7, 11) is 0. The molecule has 0 heterocycles. The molecule has 0 saturated carbocycles. The minimum Gasteiger partial charge on any atom is -0.478 e. The number of rotatable bonds is 4. The highest BCUT2D eigenvalue weighted by molar-refractivity contribution is 5.88. The highest BCUT2D eigenvalue weighted by Gasteiger charge is 2.01. The number of aromatic carboxylic acids is 1. The molecule has 0 aromatic heterocycles. The molecule has 0 amide bonds. The van der Waals surface area contributed by atoms with Crippen molar-refractivity contribution in [3.8, 4) is 0 Å². The zero-order chi connectivity index (χ0) is 15.7. The zero-order valence-electron chi connectivity index (χ0n) is 11.5. The van der Waals surface area contributed by atoms with E-state index in [1.807, 2.05) is 30.3 Å². The van der Waals surface area contributed by atoms with Crippen LogP contribution in [0.1, 0.15) is 39.3 Å². The first-order chi connectivity index (χ1) is 10.1. The number of carboxylic acids is 1. The summed E-state index contributed by atoms with van der Waals surface area (Å²) in [6.07, 6.45) is 0.437. The summed E-state index contributed by atoms with van der Waals surface area (Å²) in [5.74, 6) is -0.984. The summed E-state index contributed by atoms with van der Waals surface area (Å²) in [5.41, 5.74) is 1.65. The molecule has 1 unspecified atom stereocenters. The molecular weight excluding hydrogens is 272 g/mol. The maximum atomic E-state index is 10.3. The summed E-state index contributed by atoms with van der Waals surface area (Å²) in [4.78, 5) is 24.6. The van der Waals surface area contributed by atoms with Crippen molar-refractivity contribution in [1.29, 1.82) is 0 Å². The van der Waals surface area contributed by atoms with Gasteiger partial charge >= 0.3 is 5.97 Å². The van der Waals surface area contributed by atoms with E-state index in [0.29, 0.717) is 11.8 Å². The number of carbonyl (C=O) groups is 2. The van der Waals surface area contributed by atoms with Crippen LogP contribution in [-0.2, 0) is 4.89 Å². The molecule has 2 N–H and O–H groups in total. The lowest BCUT2D eigenvalue weighted by molar-refractivity contribution is -0.277. The molecule has 0 aliphatic heterocycles. The lowest BCUT2D eigenvalue weighted by atomic mass is 10.1. The molecule has 1 atom stereocenters. The van der Waals surface area contributed by atoms with E-state index in [-0.39, 0.29) is 11.7 Å². The van der Waals surface area contributed by atoms with Crippen LogP contribution in [-0.4, -0.2) is 22.6 Å². The number of hydrogen-bond donors (Lipinski definition) is 2. The van der Waals surface area contributed by atoms with Crippen LogP contribution in [0.5, 0.6) is 0 Å². The summed E-state index contributed by atoms with van der Waals surface area (Å²) in [5, 5.41) is 16.7. The first-order valence-corrected chi connectivity index (χ1v) is 6.22. The third kappa shape index (κ3) is 5.56. The highest BCUT2D eigenvalue weighted by atomic mass is 17.1. The predicted molar refractivity (Wildman–Crippen MR) is 77.4 cm³/mol. The maximum Gasteiger partial charge on any atom is 0.335 e. The van der Waals surface area contributed by atoms with Gasteiger partial charge in [0.1, 0.15) is 12.4 Å². The Labute approximate surface area is 122 Å². The largest absolute Gasteiger partial charge is 0.478 e. The minimum absolute atomic E-state index is 0.190. The molecule has 5 heteroatoms. The molecule has 5 nitrogen and oxygen atoms in total. The van der Waals surface area contributed by atoms with Gasteiger partial charge in [0.05, 0.1) is 5.56 Å². The van der Waals surface area contributed by atoms with Crippen LogP contribution in [0.4, 0.5) is 0 Å². The van der Waals surface area contributed by atoms with Crippen molar-refractivity contribution in [2.24, 2.45) is 0 Å². The van der Waals surface area contributed by atoms with E-state index in [2.05, 4.69) is 4.89 Å². The molecule has 0 spiro atoms. The number of hydrogen-bond acceptors (Lipinski definition) is 4. The Morgan fingerprint density at radius 1 is 1.10 bits per heavy atom. The number of benzene rings is 2. The molecule has 0 bridgehead atoms. The van der Waals surface area contributed by atoms with E-state index in [1.54, 1.807) is 6.92 Å². The molecule has 0 saturated heterocycles. The van der Waals surface area contributed by atoms with Crippen molar-refractivity contribution in [3.05, 3.63) is 71.3 Å². The first kappa shape index (κ1) is 16.6. The predicted octanol–water partition coefficient (Wildman–Crippen LogP) is 3.43. The van der Waals surface area contributed by atoms with Crippen LogP contribution in [0, 0.1) is 0 Å². The van der Waals surface area contributed by atoms with Crippen molar-refractivity contribution < 1.29 is 24.8 Å². The van der Waals surface area contributed by atoms with Crippen LogP contribution in [0.2, 0.25) is 0 Å². The van der Waals surface area contributed by atoms with Crippen LogP contribution in [0.25, 0.3) is 0 Å². The second-order valence-electron chi connectivity index (χ2n) is 4.20. The normalized spacial score (nSPS) is 11.0. The fraction of sp³-hybridized carbons (Fsp3) is 0.125. The third-order valence-electron chi connectivity index (χ3n) is 2.72. The third-order valence-corrected chi connectivity index (χ3v) is 2.72. The monoisotopic (exact) mass is 288 g/mol. The molecule has 0 aliphatic rings. The topological polar surface area (TPSA) is 83.8 Å². The standard InChI is InChI=1S/C8H6O3.C8H10O2/c9-5-6-1-3-7(4-2-6)8(10)11;1-7(10-9)8-5-3-2-4-6-8/h1-5H,(H,10,11);2-7,9H,1H3. The Kier molecular flexibility index (Phi) is 6.80. The van der Waals surface area contributed by atoms with Gasteiger partial charge in [-0.3, -0.25) is 10.1 Å². The van der Waals surface area contributed by atoms with Crippen LogP contribution >= 0.6 is 0 Å². The van der Waals surface area contributed by atoms with E-state index in [1.165, 1.54) is 24.3 Å². The van der Waals surface area contributed by atoms with Gasteiger partial charge in [-0.1, -0.05) is 42.5 Å². The van der Waals surface area contributed by atoms with Gasteiger partial charge < -0.3 is 5.11 Å². The SMILES string of the molecule is CC(OO)c1ccccc1.O=Cc1ccc(C(=O)O)cc1. The number of carbonyl (C=O) groups excluding carboxylic acids is 1. The minimum atomic E-state index is -0.984. The lowest BCUT2D eigenvalue weighted by Gasteiger charge is -2.05. The Morgan fingerprint density at radius 2 is 1.67 bits per heavy atom. The van der Waals surface area contributed by atoms with Crippen molar-refractivity contribution in [3.63, 3.8) is 0 Å². The molecule has 2 aromatic carbocycles. The van der Waals surface area contributed by atoms with E-state index >= 15 is 0 Å². The van der Waals surface area contributed by atoms with E-state index in [4.69, 9.17) is 10.4 Å². The molecule has 21 heavy (non-hydrogen) atoms. The Morgan fingerprint density at radius 3 is 2.10 bits per heavy atom. The molecule has 2 rings (SSSR count). The maximum absolute atomic E-state index is 10.3. The average Bonchev–Trinajstić information content (AvgIpc) is 2.55. The van der Waals surface area contributed by atoms with Crippen LogP contribution in [0.15, 0.2) is 54.6 Å². The fourth-order valence-electron chi connectivity index (χ4n) is 1.49. The molecule has 0 radical (unpaired) electrons. The van der Waals surface area contributed by atoms with Gasteiger partial charge in [0, 0.05) is 5.56 Å². The summed E-state index contributed by atoms with van der Waals surface area (Å²) in [6, 6.07) is 15.3. The fourth-order valence-corrected chi connectivity index (χ4v) is 1.49. The second kappa shape index (κ2) is 8.63. The molecule has 0 fully saturated rings. The van der Waals surface area contributed by atoms with Crippen LogP contribution in [0.3, 0.4) is 0 Å². The van der Waals surface area contributed by atoms with Crippen molar-refractivity contribution in [2.75, 3.05) is 0 Å². The number of aldehydes is 1. The van der Waals surface area contributed by atoms with Gasteiger partial charge in [0.15, 0.2) is 0 Å². The van der Waals surface area contributed by atoms with E-state index in [0.717, 1.165) is 5.56 Å². The van der Waals surface area contributed by atoms with Gasteiger partial charge in [-0.2, -0.15) is 0 Å². The van der Waals surface area contributed by atoms with Gasteiger partial charge in [0.25, 0.3) is 0 Å². The quantitative estimate of drug-likeness (QED) is 0.511. The second-order valence-corrected chi connectivity index (χ2v) is 4.20. The Bertz CT molecular complexity index is 563. The summed E-state index contributed by atoms with van der Waals surface area (Å²) < 4.78 is 0. The van der Waals surface area contributed by atoms with Crippen LogP contribution < -0.4 is 0 Å². The molecule has 110 valence electrons. The highest BCUT2D eigenvalue weighted by Crippen LogP contribution is 2.13. The molecule has 0 aliphatic carbocycles. The van der Waals surface area contributed by atoms with Crippen molar-refractivity contribution in [1.82, 2.24) is 0 Å². The van der Waals surface area contributed by atoms with Crippen molar-refractivity contribution in [2.45, 2.75) is 13.0 Å². The number of carboxylic acid groups (broad SMARTS) is 1. The Hall–Kier alpha value is -2.50. The van der Waals surface area contributed by atoms with E-state index in [9.17, 15) is 9.59 Å².